The Kier molecular flexibility index (Phi) is 4.64. The minimum absolute atomic E-state index is 0.116. The van der Waals surface area contributed by atoms with Gasteiger partial charge in [0.15, 0.2) is 5.76 Å². The number of aromatic nitrogens is 3. The number of carbonyl (C=O) groups excluding carboxylic acids is 1. The van der Waals surface area contributed by atoms with Crippen LogP contribution in [0.4, 0.5) is 4.39 Å². The molecule has 1 N–H and O–H groups in total. The van der Waals surface area contributed by atoms with Crippen molar-refractivity contribution < 1.29 is 13.7 Å². The number of hydrogen-bond acceptors (Lipinski definition) is 5. The summed E-state index contributed by atoms with van der Waals surface area (Å²) in [7, 11) is 0. The summed E-state index contributed by atoms with van der Waals surface area (Å²) in [5.41, 5.74) is 1.28. The molecule has 0 saturated carbocycles. The first kappa shape index (κ1) is 17.9. The Hall–Kier alpha value is -3.49. The monoisotopic (exact) mass is 384 g/mol. The average Bonchev–Trinajstić information content (AvgIpc) is 3.11. The molecule has 0 saturated heterocycles. The first-order valence-corrected chi connectivity index (χ1v) is 8.82. The number of hydrogen-bond donors (Lipinski definition) is 1. The van der Waals surface area contributed by atoms with E-state index in [1.807, 2.05) is 0 Å². The Bertz CT molecular complexity index is 1130. The molecule has 1 aromatic carbocycles. The lowest BCUT2D eigenvalue weighted by Crippen LogP contribution is -2.37. The van der Waals surface area contributed by atoms with E-state index in [9.17, 15) is 18.8 Å². The van der Waals surface area contributed by atoms with Crippen LogP contribution in [0.25, 0.3) is 11.3 Å². The van der Waals surface area contributed by atoms with Crippen LogP contribution in [0.5, 0.6) is 0 Å². The Morgan fingerprint density at radius 2 is 2.00 bits per heavy atom. The zero-order chi connectivity index (χ0) is 19.7. The number of nitrogens with zero attached hydrogens (tertiary/aromatic N) is 3. The van der Waals surface area contributed by atoms with Crippen LogP contribution in [0.3, 0.4) is 0 Å². The summed E-state index contributed by atoms with van der Waals surface area (Å²) in [5.74, 6) is 0.0748. The maximum absolute atomic E-state index is 13.2. The molecule has 28 heavy (non-hydrogen) atoms. The molecule has 0 unspecified atom stereocenters. The number of nitrogens with one attached hydrogen (secondary N) is 1. The van der Waals surface area contributed by atoms with Gasteiger partial charge in [0, 0.05) is 49.3 Å². The van der Waals surface area contributed by atoms with Crippen molar-refractivity contribution in [2.75, 3.05) is 6.54 Å². The molecule has 0 fully saturated rings. The third-order valence-corrected chi connectivity index (χ3v) is 4.76. The van der Waals surface area contributed by atoms with Gasteiger partial charge < -0.3 is 14.0 Å². The van der Waals surface area contributed by atoms with Crippen LogP contribution in [-0.4, -0.2) is 32.1 Å². The second-order valence-corrected chi connectivity index (χ2v) is 6.56. The number of fused-ring (bicyclic) bond motifs is 1. The number of aromatic amines is 1. The van der Waals surface area contributed by atoms with E-state index in [0.29, 0.717) is 30.8 Å². The first-order chi connectivity index (χ1) is 13.5. The van der Waals surface area contributed by atoms with Crippen LogP contribution in [0, 0.1) is 5.82 Å². The third kappa shape index (κ3) is 3.51. The number of H-pyrrole nitrogens is 1. The zero-order valence-corrected chi connectivity index (χ0v) is 14.9. The fraction of sp³-hybridized carbons (Fsp3) is 0.263. The Morgan fingerprint density at radius 3 is 2.75 bits per heavy atom. The molecule has 8 nitrogen and oxygen atoms in total. The van der Waals surface area contributed by atoms with Crippen molar-refractivity contribution in [3.8, 4) is 11.3 Å². The minimum atomic E-state index is -0.543. The summed E-state index contributed by atoms with van der Waals surface area (Å²) in [4.78, 5) is 39.3. The topological polar surface area (TPSA) is 101 Å². The minimum Gasteiger partial charge on any atom is -0.356 e. The number of halogens is 1. The molecule has 0 atom stereocenters. The molecule has 3 aromatic rings. The Balaban J connectivity index is 1.48. The average molecular weight is 384 g/mol. The normalized spacial score (nSPS) is 13.4. The van der Waals surface area contributed by atoms with Gasteiger partial charge in [-0.25, -0.2) is 9.18 Å². The standard InChI is InChI=1S/C19H17FN4O4/c20-13-3-1-12(2-4-13)18-14-11-24(8-5-15(14)22-28-18)17(26)7-10-23-9-6-16(25)21-19(23)27/h1-4,6,9H,5,7-8,10-11H2,(H,21,25,27). The maximum atomic E-state index is 13.2. The SMILES string of the molecule is O=C(CCn1ccc(=O)[nH]c1=O)N1CCc2noc(-c3ccc(F)cc3)c2C1. The second-order valence-electron chi connectivity index (χ2n) is 6.56. The van der Waals surface area contributed by atoms with Gasteiger partial charge in [0.1, 0.15) is 5.82 Å². The molecule has 1 aliphatic heterocycles. The lowest BCUT2D eigenvalue weighted by atomic mass is 10.0. The van der Waals surface area contributed by atoms with Crippen molar-refractivity contribution in [3.63, 3.8) is 0 Å². The van der Waals surface area contributed by atoms with Crippen molar-refractivity contribution >= 4 is 5.91 Å². The molecule has 0 bridgehead atoms. The summed E-state index contributed by atoms with van der Waals surface area (Å²) >= 11 is 0. The lowest BCUT2D eigenvalue weighted by Gasteiger charge is -2.26. The smallest absolute Gasteiger partial charge is 0.328 e. The maximum Gasteiger partial charge on any atom is 0.328 e. The van der Waals surface area contributed by atoms with Crippen LogP contribution in [-0.2, 0) is 24.3 Å². The van der Waals surface area contributed by atoms with Gasteiger partial charge in [-0.3, -0.25) is 14.6 Å². The van der Waals surface area contributed by atoms with Crippen molar-refractivity contribution in [1.82, 2.24) is 19.6 Å². The van der Waals surface area contributed by atoms with Crippen LogP contribution in [0.2, 0.25) is 0 Å². The van der Waals surface area contributed by atoms with Crippen LogP contribution >= 0.6 is 0 Å². The van der Waals surface area contributed by atoms with Gasteiger partial charge in [0.05, 0.1) is 12.2 Å². The zero-order valence-electron chi connectivity index (χ0n) is 14.9. The fourth-order valence-electron chi connectivity index (χ4n) is 3.25. The van der Waals surface area contributed by atoms with Crippen LogP contribution in [0.1, 0.15) is 17.7 Å². The Labute approximate surface area is 158 Å². The molecule has 0 spiro atoms. The number of rotatable bonds is 4. The summed E-state index contributed by atoms with van der Waals surface area (Å²) in [6.45, 7) is 1.01. The highest BCUT2D eigenvalue weighted by Crippen LogP contribution is 2.30. The number of aryl methyl sites for hydroxylation is 1. The van der Waals surface area contributed by atoms with Gasteiger partial charge in [0.25, 0.3) is 5.56 Å². The molecule has 2 aromatic heterocycles. The third-order valence-electron chi connectivity index (χ3n) is 4.76. The van der Waals surface area contributed by atoms with Gasteiger partial charge in [-0.05, 0) is 24.3 Å². The molecule has 0 radical (unpaired) electrons. The van der Waals surface area contributed by atoms with E-state index >= 15 is 0 Å². The molecule has 144 valence electrons. The van der Waals surface area contributed by atoms with Gasteiger partial charge >= 0.3 is 5.69 Å². The van der Waals surface area contributed by atoms with E-state index in [2.05, 4.69) is 10.1 Å². The summed E-state index contributed by atoms with van der Waals surface area (Å²) in [5, 5.41) is 4.08. The van der Waals surface area contributed by atoms with E-state index in [1.165, 1.54) is 29.0 Å². The van der Waals surface area contributed by atoms with Gasteiger partial charge in [-0.2, -0.15) is 0 Å². The highest BCUT2D eigenvalue weighted by Gasteiger charge is 2.27. The van der Waals surface area contributed by atoms with Crippen molar-refractivity contribution in [1.29, 1.82) is 0 Å². The highest BCUT2D eigenvalue weighted by atomic mass is 19.1. The lowest BCUT2D eigenvalue weighted by molar-refractivity contribution is -0.132. The molecule has 0 aliphatic carbocycles. The Morgan fingerprint density at radius 1 is 1.21 bits per heavy atom. The van der Waals surface area contributed by atoms with Crippen molar-refractivity contribution in [3.05, 3.63) is 74.4 Å². The van der Waals surface area contributed by atoms with Crippen molar-refractivity contribution in [2.45, 2.75) is 25.9 Å². The van der Waals surface area contributed by atoms with Crippen LogP contribution < -0.4 is 11.2 Å². The number of amides is 1. The first-order valence-electron chi connectivity index (χ1n) is 8.82. The van der Waals surface area contributed by atoms with E-state index in [0.717, 1.165) is 11.3 Å². The summed E-state index contributed by atoms with van der Waals surface area (Å²) in [6.07, 6.45) is 2.05. The van der Waals surface area contributed by atoms with Crippen LogP contribution in [0.15, 0.2) is 50.6 Å². The second kappa shape index (κ2) is 7.26. The van der Waals surface area contributed by atoms with E-state index < -0.39 is 11.2 Å². The molecule has 9 heteroatoms. The molecule has 1 amide bonds. The highest BCUT2D eigenvalue weighted by molar-refractivity contribution is 5.77. The summed E-state index contributed by atoms with van der Waals surface area (Å²) in [6, 6.07) is 7.15. The quantitative estimate of drug-likeness (QED) is 0.731. The number of carbonyl (C=O) groups is 1. The van der Waals surface area contributed by atoms with Crippen molar-refractivity contribution in [2.24, 2.45) is 0 Å². The molecule has 3 heterocycles. The largest absolute Gasteiger partial charge is 0.356 e. The van der Waals surface area contributed by atoms with Gasteiger partial charge in [-0.1, -0.05) is 5.16 Å². The van der Waals surface area contributed by atoms with E-state index in [4.69, 9.17) is 4.52 Å². The van der Waals surface area contributed by atoms with Gasteiger partial charge in [-0.15, -0.1) is 0 Å². The van der Waals surface area contributed by atoms with Gasteiger partial charge in [0.2, 0.25) is 5.91 Å². The summed E-state index contributed by atoms with van der Waals surface area (Å²) < 4.78 is 19.9. The molecular formula is C19H17FN4O4. The van der Waals surface area contributed by atoms with E-state index in [1.54, 1.807) is 17.0 Å². The molecular weight excluding hydrogens is 367 g/mol. The molecule has 4 rings (SSSR count). The molecule has 1 aliphatic rings. The number of benzene rings is 1. The fourth-order valence-corrected chi connectivity index (χ4v) is 3.25. The van der Waals surface area contributed by atoms with E-state index in [-0.39, 0.29) is 24.7 Å². The predicted molar refractivity (Wildman–Crippen MR) is 97.0 cm³/mol. The predicted octanol–water partition coefficient (Wildman–Crippen LogP) is 1.31.